The molecule has 0 amide bonds. The number of allylic oxidation sites excluding steroid dienone is 2. The van der Waals surface area contributed by atoms with E-state index in [1.54, 1.807) is 5.31 Å². The Morgan fingerprint density at radius 3 is 1.72 bits per heavy atom. The van der Waals surface area contributed by atoms with Crippen LogP contribution in [0.1, 0.15) is 31.9 Å². The second-order valence-corrected chi connectivity index (χ2v) is 11.8. The molecule has 1 aliphatic rings. The molecule has 0 fully saturated rings. The average molecular weight is 367 g/mol. The van der Waals surface area contributed by atoms with E-state index in [1.807, 2.05) is 0 Å². The maximum atomic E-state index is 2.36. The van der Waals surface area contributed by atoms with Crippen LogP contribution in [0.2, 0.25) is 0 Å². The zero-order chi connectivity index (χ0) is 18.0. The molecule has 0 aromatic heterocycles. The van der Waals surface area contributed by atoms with Crippen LogP contribution in [-0.2, 0) is 0 Å². The summed E-state index contributed by atoms with van der Waals surface area (Å²) in [6, 6.07) is 18.2. The Morgan fingerprint density at radius 1 is 0.800 bits per heavy atom. The first-order chi connectivity index (χ1) is 11.8. The van der Waals surface area contributed by atoms with Crippen molar-refractivity contribution in [1.29, 1.82) is 0 Å². The second kappa shape index (κ2) is 7.52. The molecule has 0 bridgehead atoms. The van der Waals surface area contributed by atoms with E-state index >= 15 is 0 Å². The van der Waals surface area contributed by atoms with Crippen molar-refractivity contribution in [1.82, 2.24) is 0 Å². The van der Waals surface area contributed by atoms with Crippen LogP contribution < -0.4 is 10.6 Å². The molecule has 1 unspecified atom stereocenters. The van der Waals surface area contributed by atoms with E-state index in [4.69, 9.17) is 0 Å². The van der Waals surface area contributed by atoms with Gasteiger partial charge in [-0.05, 0) is 37.7 Å². The third kappa shape index (κ3) is 4.66. The van der Waals surface area contributed by atoms with E-state index in [9.17, 15) is 0 Å². The van der Waals surface area contributed by atoms with E-state index in [1.165, 1.54) is 21.7 Å². The smallest absolute Gasteiger partial charge is 0.0496 e. The molecule has 0 spiro atoms. The van der Waals surface area contributed by atoms with Gasteiger partial charge in [-0.2, -0.15) is 0 Å². The SMILES string of the molecule is Cc1ccc(P(C2=CC=CC2SC(C)(C)C)c2ccc(C)cc2)cc1. The van der Waals surface area contributed by atoms with Crippen LogP contribution >= 0.6 is 19.7 Å². The fourth-order valence-electron chi connectivity index (χ4n) is 2.97. The van der Waals surface area contributed by atoms with Crippen LogP contribution in [0.5, 0.6) is 0 Å². The Hall–Kier alpha value is -1.30. The molecule has 130 valence electrons. The zero-order valence-corrected chi connectivity index (χ0v) is 17.5. The Labute approximate surface area is 158 Å². The highest BCUT2D eigenvalue weighted by molar-refractivity contribution is 8.02. The van der Waals surface area contributed by atoms with Gasteiger partial charge in [0.2, 0.25) is 0 Å². The van der Waals surface area contributed by atoms with Crippen LogP contribution in [0.3, 0.4) is 0 Å². The summed E-state index contributed by atoms with van der Waals surface area (Å²) >= 11 is 2.06. The Balaban J connectivity index is 2.02. The summed E-state index contributed by atoms with van der Waals surface area (Å²) < 4.78 is 0.250. The first kappa shape index (κ1) is 18.5. The first-order valence-corrected chi connectivity index (χ1v) is 11.1. The van der Waals surface area contributed by atoms with Gasteiger partial charge in [0.05, 0.1) is 0 Å². The van der Waals surface area contributed by atoms with E-state index in [2.05, 4.69) is 113 Å². The lowest BCUT2D eigenvalue weighted by molar-refractivity contribution is 0.801. The van der Waals surface area contributed by atoms with E-state index in [0.717, 1.165) is 0 Å². The quantitative estimate of drug-likeness (QED) is 0.590. The topological polar surface area (TPSA) is 0 Å². The Kier molecular flexibility index (Phi) is 5.56. The monoisotopic (exact) mass is 366 g/mol. The summed E-state index contributed by atoms with van der Waals surface area (Å²) in [7, 11) is -0.491. The third-order valence-corrected chi connectivity index (χ3v) is 8.29. The molecule has 0 saturated heterocycles. The van der Waals surface area contributed by atoms with E-state index in [0.29, 0.717) is 5.25 Å². The lowest BCUT2D eigenvalue weighted by atomic mass is 10.2. The van der Waals surface area contributed by atoms with Crippen molar-refractivity contribution >= 4 is 30.3 Å². The minimum absolute atomic E-state index is 0.250. The standard InChI is InChI=1S/C23H27PS/c1-17-9-13-19(14-10-17)24(20-15-11-18(2)12-16-20)21-7-6-8-22(21)25-23(3,4)5/h6-16,22H,1-5H3. The van der Waals surface area contributed by atoms with Crippen LogP contribution in [0, 0.1) is 13.8 Å². The highest BCUT2D eigenvalue weighted by Gasteiger charge is 2.29. The van der Waals surface area contributed by atoms with Gasteiger partial charge in [0.15, 0.2) is 0 Å². The summed E-state index contributed by atoms with van der Waals surface area (Å²) in [5, 5.41) is 4.91. The fraction of sp³-hybridized carbons (Fsp3) is 0.304. The largest absolute Gasteiger partial charge is 0.144 e. The number of hydrogen-bond donors (Lipinski definition) is 0. The first-order valence-electron chi connectivity index (χ1n) is 8.83. The summed E-state index contributed by atoms with van der Waals surface area (Å²) in [5.74, 6) is 0. The predicted octanol–water partition coefficient (Wildman–Crippen LogP) is 6.09. The highest BCUT2D eigenvalue weighted by atomic mass is 32.2. The van der Waals surface area contributed by atoms with Crippen LogP contribution in [0.15, 0.2) is 72.1 Å². The minimum Gasteiger partial charge on any atom is -0.144 e. The molecule has 1 atom stereocenters. The molecular formula is C23H27PS. The van der Waals surface area contributed by atoms with Gasteiger partial charge in [0.1, 0.15) is 0 Å². The fourth-order valence-corrected chi connectivity index (χ4v) is 6.93. The maximum Gasteiger partial charge on any atom is 0.0496 e. The maximum absolute atomic E-state index is 2.36. The third-order valence-electron chi connectivity index (χ3n) is 4.17. The van der Waals surface area contributed by atoms with E-state index in [-0.39, 0.29) is 4.75 Å². The van der Waals surface area contributed by atoms with Gasteiger partial charge in [-0.25, -0.2) is 0 Å². The molecule has 0 saturated carbocycles. The van der Waals surface area contributed by atoms with Gasteiger partial charge in [-0.3, -0.25) is 0 Å². The summed E-state index contributed by atoms with van der Waals surface area (Å²) in [6.45, 7) is 11.2. The molecule has 2 heteroatoms. The van der Waals surface area contributed by atoms with Gasteiger partial charge in [0, 0.05) is 10.00 Å². The molecule has 0 heterocycles. The van der Waals surface area contributed by atoms with Crippen molar-refractivity contribution in [3.05, 3.63) is 83.2 Å². The van der Waals surface area contributed by atoms with Crippen molar-refractivity contribution in [2.24, 2.45) is 0 Å². The molecule has 0 aliphatic heterocycles. The molecule has 1 aliphatic carbocycles. The van der Waals surface area contributed by atoms with Crippen molar-refractivity contribution in [3.8, 4) is 0 Å². The summed E-state index contributed by atoms with van der Waals surface area (Å²) in [6.07, 6.45) is 6.97. The van der Waals surface area contributed by atoms with Crippen molar-refractivity contribution in [2.45, 2.75) is 44.6 Å². The minimum atomic E-state index is -0.491. The Bertz CT molecular complexity index is 731. The second-order valence-electron chi connectivity index (χ2n) is 7.63. The number of benzene rings is 2. The van der Waals surface area contributed by atoms with Gasteiger partial charge in [-0.15, -0.1) is 11.8 Å². The zero-order valence-electron chi connectivity index (χ0n) is 15.8. The highest BCUT2D eigenvalue weighted by Crippen LogP contribution is 2.51. The molecule has 3 rings (SSSR count). The van der Waals surface area contributed by atoms with Gasteiger partial charge < -0.3 is 0 Å². The molecule has 2 aromatic rings. The predicted molar refractivity (Wildman–Crippen MR) is 117 cm³/mol. The van der Waals surface area contributed by atoms with E-state index < -0.39 is 7.92 Å². The molecular weight excluding hydrogens is 339 g/mol. The van der Waals surface area contributed by atoms with Crippen LogP contribution in [0.4, 0.5) is 0 Å². The molecule has 0 nitrogen and oxygen atoms in total. The molecule has 0 N–H and O–H groups in total. The summed E-state index contributed by atoms with van der Waals surface area (Å²) in [5.41, 5.74) is 2.64. The number of hydrogen-bond acceptors (Lipinski definition) is 1. The lowest BCUT2D eigenvalue weighted by Crippen LogP contribution is -2.20. The normalized spacial score (nSPS) is 17.2. The number of rotatable bonds is 4. The number of thioether (sulfide) groups is 1. The van der Waals surface area contributed by atoms with Gasteiger partial charge in [-0.1, -0.05) is 98.7 Å². The average Bonchev–Trinajstić information content (AvgIpc) is 2.97. The van der Waals surface area contributed by atoms with Crippen molar-refractivity contribution in [2.75, 3.05) is 0 Å². The molecule has 2 aromatic carbocycles. The number of aryl methyl sites for hydroxylation is 2. The van der Waals surface area contributed by atoms with Crippen LogP contribution in [-0.4, -0.2) is 10.00 Å². The molecule has 25 heavy (non-hydrogen) atoms. The van der Waals surface area contributed by atoms with Gasteiger partial charge in [0.25, 0.3) is 0 Å². The molecule has 0 radical (unpaired) electrons. The van der Waals surface area contributed by atoms with Gasteiger partial charge >= 0.3 is 0 Å². The lowest BCUT2D eigenvalue weighted by Gasteiger charge is -2.29. The van der Waals surface area contributed by atoms with Crippen molar-refractivity contribution in [3.63, 3.8) is 0 Å². The Morgan fingerprint density at radius 2 is 1.28 bits per heavy atom. The summed E-state index contributed by atoms with van der Waals surface area (Å²) in [4.78, 5) is 0. The van der Waals surface area contributed by atoms with Crippen molar-refractivity contribution < 1.29 is 0 Å². The van der Waals surface area contributed by atoms with Crippen LogP contribution in [0.25, 0.3) is 0 Å².